The fourth-order valence-electron chi connectivity index (χ4n) is 1.19. The third-order valence-electron chi connectivity index (χ3n) is 2.12. The van der Waals surface area contributed by atoms with E-state index in [1.54, 1.807) is 24.3 Å². The van der Waals surface area contributed by atoms with Gasteiger partial charge in [-0.15, -0.1) is 0 Å². The average molecular weight is 290 g/mol. The summed E-state index contributed by atoms with van der Waals surface area (Å²) in [6.45, 7) is 5.81. The summed E-state index contributed by atoms with van der Waals surface area (Å²) in [6.07, 6.45) is 0. The third-order valence-corrected chi connectivity index (χ3v) is 2.12. The number of amides is 1. The van der Waals surface area contributed by atoms with Crippen molar-refractivity contribution in [2.45, 2.75) is 26.3 Å². The molecule has 0 unspecified atom stereocenters. The van der Waals surface area contributed by atoms with Gasteiger partial charge in [-0.25, -0.2) is 10.2 Å². The summed E-state index contributed by atoms with van der Waals surface area (Å²) in [5.74, 6) is -0.670. The summed E-state index contributed by atoms with van der Waals surface area (Å²) in [5.41, 5.74) is 6.15. The number of rotatable bonds is 3. The molecule has 0 aromatic heterocycles. The molecule has 3 N–H and O–H groups in total. The second-order valence-electron chi connectivity index (χ2n) is 4.90. The number of esters is 1. The summed E-state index contributed by atoms with van der Waals surface area (Å²) in [6, 6.07) is 6.26. The number of hydrogen-bond donors (Lipinski definition) is 2. The molecular weight excluding hydrogens is 271 g/mol. The SMILES string of the molecule is COC(=O)c1ccc(C(=O)NNC(C)(C)C)cc1.[Na+].[OH-]. The molecule has 0 aliphatic rings. The Morgan fingerprint density at radius 2 is 1.50 bits per heavy atom. The second-order valence-corrected chi connectivity index (χ2v) is 4.90. The molecule has 0 spiro atoms. The van der Waals surface area contributed by atoms with Crippen molar-refractivity contribution >= 4 is 11.9 Å². The van der Waals surface area contributed by atoms with E-state index in [1.165, 1.54) is 7.11 Å². The van der Waals surface area contributed by atoms with Gasteiger partial charge in [-0.3, -0.25) is 10.2 Å². The van der Waals surface area contributed by atoms with E-state index >= 15 is 0 Å². The maximum atomic E-state index is 11.8. The van der Waals surface area contributed by atoms with E-state index in [0.29, 0.717) is 11.1 Å². The van der Waals surface area contributed by atoms with Gasteiger partial charge in [-0.1, -0.05) is 0 Å². The molecule has 0 radical (unpaired) electrons. The minimum absolute atomic E-state index is 0. The van der Waals surface area contributed by atoms with Crippen LogP contribution in [0.5, 0.6) is 0 Å². The quantitative estimate of drug-likeness (QED) is 0.394. The largest absolute Gasteiger partial charge is 1.00 e. The summed E-state index contributed by atoms with van der Waals surface area (Å²) < 4.78 is 4.58. The maximum absolute atomic E-state index is 11.8. The third kappa shape index (κ3) is 7.02. The molecule has 0 atom stereocenters. The molecule has 0 fully saturated rings. The molecule has 1 amide bonds. The predicted molar refractivity (Wildman–Crippen MR) is 70.1 cm³/mol. The second kappa shape index (κ2) is 9.10. The minimum Gasteiger partial charge on any atom is -0.870 e. The molecule has 1 aromatic carbocycles. The van der Waals surface area contributed by atoms with Crippen LogP contribution in [-0.2, 0) is 4.74 Å². The molecule has 0 aliphatic carbocycles. The van der Waals surface area contributed by atoms with Crippen LogP contribution in [0.3, 0.4) is 0 Å². The van der Waals surface area contributed by atoms with Crippen LogP contribution in [-0.4, -0.2) is 30.0 Å². The van der Waals surface area contributed by atoms with E-state index in [2.05, 4.69) is 15.6 Å². The first-order chi connectivity index (χ1) is 8.33. The zero-order valence-electron chi connectivity index (χ0n) is 12.5. The molecule has 0 bridgehead atoms. The molecule has 7 heteroatoms. The summed E-state index contributed by atoms with van der Waals surface area (Å²) in [4.78, 5) is 23.0. The normalized spacial score (nSPS) is 9.80. The minimum atomic E-state index is -0.422. The van der Waals surface area contributed by atoms with Crippen molar-refractivity contribution in [3.8, 4) is 0 Å². The van der Waals surface area contributed by atoms with Gasteiger partial charge < -0.3 is 10.2 Å². The van der Waals surface area contributed by atoms with Crippen molar-refractivity contribution in [2.75, 3.05) is 7.11 Å². The Morgan fingerprint density at radius 3 is 1.90 bits per heavy atom. The van der Waals surface area contributed by atoms with Crippen LogP contribution in [0.1, 0.15) is 41.5 Å². The monoisotopic (exact) mass is 290 g/mol. The van der Waals surface area contributed by atoms with Crippen LogP contribution >= 0.6 is 0 Å². The Morgan fingerprint density at radius 1 is 1.05 bits per heavy atom. The molecule has 20 heavy (non-hydrogen) atoms. The van der Waals surface area contributed by atoms with Crippen molar-refractivity contribution in [3.63, 3.8) is 0 Å². The van der Waals surface area contributed by atoms with Crippen LogP contribution < -0.4 is 40.4 Å². The van der Waals surface area contributed by atoms with Gasteiger partial charge in [0, 0.05) is 11.1 Å². The standard InChI is InChI=1S/C13H18N2O3.Na.H2O/c1-13(2,3)15-14-11(16)9-5-7-10(8-6-9)12(17)18-4;;/h5-8,15H,1-4H3,(H,14,16);;1H2/q;+1;/p-1. The van der Waals surface area contributed by atoms with Crippen LogP contribution in [0.2, 0.25) is 0 Å². The van der Waals surface area contributed by atoms with Crippen molar-refractivity contribution in [3.05, 3.63) is 35.4 Å². The van der Waals surface area contributed by atoms with Gasteiger partial charge in [-0.2, -0.15) is 0 Å². The number of ether oxygens (including phenoxy) is 1. The number of hydrogen-bond acceptors (Lipinski definition) is 5. The number of methoxy groups -OCH3 is 1. The zero-order valence-corrected chi connectivity index (χ0v) is 14.5. The summed E-state index contributed by atoms with van der Waals surface area (Å²) in [7, 11) is 1.32. The topological polar surface area (TPSA) is 97.4 Å². The van der Waals surface area contributed by atoms with E-state index in [0.717, 1.165) is 0 Å². The molecule has 1 rings (SSSR count). The Balaban J connectivity index is 0. The number of carbonyl (C=O) groups is 2. The van der Waals surface area contributed by atoms with Gasteiger partial charge in [0.15, 0.2) is 0 Å². The molecule has 106 valence electrons. The van der Waals surface area contributed by atoms with Crippen molar-refractivity contribution in [1.82, 2.24) is 10.9 Å². The van der Waals surface area contributed by atoms with Crippen molar-refractivity contribution < 1.29 is 49.4 Å². The predicted octanol–water partition coefficient (Wildman–Crippen LogP) is -1.67. The molecular formula is C13H19N2NaO4. The van der Waals surface area contributed by atoms with Gasteiger partial charge in [0.2, 0.25) is 0 Å². The van der Waals surface area contributed by atoms with E-state index in [1.807, 2.05) is 20.8 Å². The van der Waals surface area contributed by atoms with Gasteiger partial charge in [0.05, 0.1) is 12.7 Å². The zero-order chi connectivity index (χ0) is 13.8. The Bertz CT molecular complexity index is 441. The van der Waals surface area contributed by atoms with Crippen LogP contribution in [0.15, 0.2) is 24.3 Å². The van der Waals surface area contributed by atoms with E-state index in [4.69, 9.17) is 0 Å². The molecule has 0 heterocycles. The first-order valence-electron chi connectivity index (χ1n) is 5.59. The van der Waals surface area contributed by atoms with E-state index in [9.17, 15) is 9.59 Å². The summed E-state index contributed by atoms with van der Waals surface area (Å²) in [5, 5.41) is 0. The maximum Gasteiger partial charge on any atom is 1.00 e. The number of benzene rings is 1. The number of nitrogens with one attached hydrogen (secondary N) is 2. The molecule has 0 saturated heterocycles. The van der Waals surface area contributed by atoms with E-state index in [-0.39, 0.29) is 46.5 Å². The first-order valence-corrected chi connectivity index (χ1v) is 5.59. The summed E-state index contributed by atoms with van der Waals surface area (Å²) >= 11 is 0. The van der Waals surface area contributed by atoms with Crippen LogP contribution in [0.25, 0.3) is 0 Å². The van der Waals surface area contributed by atoms with Gasteiger partial charge in [-0.05, 0) is 45.0 Å². The first kappa shape index (κ1) is 21.4. The fourth-order valence-corrected chi connectivity index (χ4v) is 1.19. The van der Waals surface area contributed by atoms with Gasteiger partial charge in [0.1, 0.15) is 0 Å². The molecule has 0 aliphatic heterocycles. The van der Waals surface area contributed by atoms with Crippen LogP contribution in [0.4, 0.5) is 0 Å². The van der Waals surface area contributed by atoms with Gasteiger partial charge in [0.25, 0.3) is 5.91 Å². The Hall–Kier alpha value is -0.920. The molecule has 1 aromatic rings. The van der Waals surface area contributed by atoms with Gasteiger partial charge >= 0.3 is 35.5 Å². The van der Waals surface area contributed by atoms with E-state index < -0.39 is 5.97 Å². The number of hydrazine groups is 1. The van der Waals surface area contributed by atoms with Crippen molar-refractivity contribution in [2.24, 2.45) is 0 Å². The fraction of sp³-hybridized carbons (Fsp3) is 0.385. The smallest absolute Gasteiger partial charge is 0.870 e. The molecule has 6 nitrogen and oxygen atoms in total. The average Bonchev–Trinajstić information content (AvgIpc) is 2.34. The Kier molecular flexibility index (Phi) is 9.72. The van der Waals surface area contributed by atoms with Crippen LogP contribution in [0, 0.1) is 0 Å². The Labute approximate surface area is 140 Å². The number of carbonyl (C=O) groups excluding carboxylic acids is 2. The molecule has 0 saturated carbocycles. The van der Waals surface area contributed by atoms with Crippen molar-refractivity contribution in [1.29, 1.82) is 0 Å².